The fraction of sp³-hybridized carbons (Fsp3) is 0.800. The molecule has 11 heteroatoms. The molecule has 1 aliphatic rings. The minimum absolute atomic E-state index is 0. The van der Waals surface area contributed by atoms with Gasteiger partial charge in [-0.05, 0) is 67.1 Å². The third kappa shape index (κ3) is 6.39. The minimum atomic E-state index is -3.56. The van der Waals surface area contributed by atoms with E-state index in [9.17, 15) is 23.1 Å². The molecule has 116 valence electrons. The Hall–Kier alpha value is 1.33. The van der Waals surface area contributed by atoms with Crippen LogP contribution in [0, 0.1) is 5.92 Å². The van der Waals surface area contributed by atoms with Crippen molar-refractivity contribution >= 4 is 69.5 Å². The summed E-state index contributed by atoms with van der Waals surface area (Å²) in [6.45, 7) is -0.563. The summed E-state index contributed by atoms with van der Waals surface area (Å²) in [6, 6.07) is 0. The normalized spacial score (nSPS) is 23.0. The second-order valence-electron chi connectivity index (χ2n) is 4.57. The first kappa shape index (κ1) is 22.3. The van der Waals surface area contributed by atoms with Gasteiger partial charge in [-0.15, -0.1) is 0 Å². The zero-order valence-electron chi connectivity index (χ0n) is 11.3. The zero-order chi connectivity index (χ0) is 15.6. The number of alkyl halides is 3. The maximum Gasteiger partial charge on any atom is 1.00 e. The summed E-state index contributed by atoms with van der Waals surface area (Å²) in [5.41, 5.74) is 0. The fourth-order valence-electron chi connectivity index (χ4n) is 2.16. The van der Waals surface area contributed by atoms with Crippen LogP contribution in [0.3, 0.4) is 0 Å². The van der Waals surface area contributed by atoms with Gasteiger partial charge in [0.1, 0.15) is 0 Å². The Morgan fingerprint density at radius 3 is 2.29 bits per heavy atom. The van der Waals surface area contributed by atoms with Crippen molar-refractivity contribution in [1.29, 1.82) is 0 Å². The summed E-state index contributed by atoms with van der Waals surface area (Å²) in [7, 11) is -3.56. The summed E-state index contributed by atoms with van der Waals surface area (Å²) in [6.07, 6.45) is 1.78. The number of carboxylic acid groups (broad SMARTS) is 1. The van der Waals surface area contributed by atoms with Crippen LogP contribution in [0.25, 0.3) is 0 Å². The van der Waals surface area contributed by atoms with E-state index in [1.807, 2.05) is 0 Å². The van der Waals surface area contributed by atoms with Crippen LogP contribution in [0.4, 0.5) is 0 Å². The van der Waals surface area contributed by atoms with E-state index in [1.165, 1.54) is 0 Å². The molecular formula is C10H13Br3NNaO5S. The molecule has 0 aliphatic heterocycles. The molecule has 1 saturated carbocycles. The molecule has 0 bridgehead atoms. The second-order valence-corrected chi connectivity index (χ2v) is 15.3. The first-order valence-corrected chi connectivity index (χ1v) is 9.76. The van der Waals surface area contributed by atoms with Crippen molar-refractivity contribution in [1.82, 2.24) is 5.32 Å². The Labute approximate surface area is 170 Å². The number of sulfone groups is 1. The average molecular weight is 522 g/mol. The molecule has 0 aromatic rings. The van der Waals surface area contributed by atoms with Crippen LogP contribution < -0.4 is 40.0 Å². The van der Waals surface area contributed by atoms with Gasteiger partial charge in [0, 0.05) is 5.92 Å². The van der Waals surface area contributed by atoms with Crippen LogP contribution in [0.5, 0.6) is 0 Å². The van der Waals surface area contributed by atoms with Crippen molar-refractivity contribution in [2.24, 2.45) is 5.92 Å². The molecule has 0 radical (unpaired) electrons. The van der Waals surface area contributed by atoms with Crippen LogP contribution in [-0.4, -0.2) is 33.6 Å². The van der Waals surface area contributed by atoms with Crippen LogP contribution in [0.2, 0.25) is 0 Å². The van der Waals surface area contributed by atoms with Crippen LogP contribution in [0.15, 0.2) is 0 Å². The van der Waals surface area contributed by atoms with Crippen LogP contribution >= 0.6 is 47.8 Å². The third-order valence-corrected chi connectivity index (χ3v) is 9.18. The van der Waals surface area contributed by atoms with Gasteiger partial charge in [0.05, 0.1) is 17.8 Å². The predicted molar refractivity (Wildman–Crippen MR) is 82.2 cm³/mol. The zero-order valence-corrected chi connectivity index (χ0v) is 18.8. The van der Waals surface area contributed by atoms with E-state index in [4.69, 9.17) is 0 Å². The van der Waals surface area contributed by atoms with E-state index in [-0.39, 0.29) is 36.0 Å². The number of hydrogen-bond donors (Lipinski definition) is 1. The number of carboxylic acids is 1. The van der Waals surface area contributed by atoms with Crippen molar-refractivity contribution in [3.8, 4) is 0 Å². The summed E-state index contributed by atoms with van der Waals surface area (Å²) >= 11 is 9.00. The molecule has 1 N–H and O–H groups in total. The molecule has 6 nitrogen and oxygen atoms in total. The topological polar surface area (TPSA) is 103 Å². The van der Waals surface area contributed by atoms with Crippen molar-refractivity contribution in [3.63, 3.8) is 0 Å². The largest absolute Gasteiger partial charge is 1.00 e. The van der Waals surface area contributed by atoms with Gasteiger partial charge in [-0.3, -0.25) is 4.79 Å². The fourth-order valence-corrected chi connectivity index (χ4v) is 5.88. The number of carbonyl (C=O) groups is 2. The van der Waals surface area contributed by atoms with Crippen LogP contribution in [-0.2, 0) is 19.4 Å². The summed E-state index contributed by atoms with van der Waals surface area (Å²) in [4.78, 5) is 22.1. The van der Waals surface area contributed by atoms with E-state index < -0.39 is 40.9 Å². The Bertz CT molecular complexity index is 493. The SMILES string of the molecule is O=C([O-])CNC(=O)C1CCCC(S(=O)(=O)C(Br)(Br)Br)C1.[Na+]. The van der Waals surface area contributed by atoms with E-state index in [1.54, 1.807) is 0 Å². The summed E-state index contributed by atoms with van der Waals surface area (Å²) < 4.78 is 23.1. The van der Waals surface area contributed by atoms with Crippen molar-refractivity contribution in [3.05, 3.63) is 0 Å². The standard InChI is InChI=1S/C10H14Br3NO5S.Na/c11-10(12,13)20(18,19)7-3-1-2-6(4-7)9(17)14-5-8(15)16;/h6-7H,1-5H2,(H,14,17)(H,15,16);/q;+1/p-1. The van der Waals surface area contributed by atoms with Gasteiger partial charge in [0.15, 0.2) is 9.84 Å². The molecule has 0 saturated heterocycles. The molecule has 1 amide bonds. The molecule has 2 unspecified atom stereocenters. The van der Waals surface area contributed by atoms with Gasteiger partial charge in [0.2, 0.25) is 7.38 Å². The molecule has 0 spiro atoms. The number of rotatable bonds is 4. The molecule has 2 atom stereocenters. The van der Waals surface area contributed by atoms with Gasteiger partial charge >= 0.3 is 29.6 Å². The van der Waals surface area contributed by atoms with Crippen molar-refractivity contribution in [2.45, 2.75) is 32.4 Å². The molecule has 1 fully saturated rings. The Morgan fingerprint density at radius 1 is 1.24 bits per heavy atom. The summed E-state index contributed by atoms with van der Waals surface area (Å²) in [5, 5.41) is 11.9. The van der Waals surface area contributed by atoms with E-state index in [2.05, 4.69) is 53.1 Å². The summed E-state index contributed by atoms with van der Waals surface area (Å²) in [5.74, 6) is -2.32. The van der Waals surface area contributed by atoms with Gasteiger partial charge < -0.3 is 15.2 Å². The minimum Gasteiger partial charge on any atom is -0.548 e. The van der Waals surface area contributed by atoms with Gasteiger partial charge in [-0.25, -0.2) is 8.42 Å². The average Bonchev–Trinajstić information content (AvgIpc) is 2.34. The molecule has 0 aromatic carbocycles. The third-order valence-electron chi connectivity index (χ3n) is 3.17. The molecule has 1 aliphatic carbocycles. The number of carbonyl (C=O) groups excluding carboxylic acids is 2. The molecular weight excluding hydrogens is 509 g/mol. The number of halogens is 3. The number of nitrogens with one attached hydrogen (secondary N) is 1. The predicted octanol–water partition coefficient (Wildman–Crippen LogP) is -2.37. The van der Waals surface area contributed by atoms with E-state index in [0.29, 0.717) is 19.3 Å². The first-order valence-electron chi connectivity index (χ1n) is 5.83. The number of amides is 1. The van der Waals surface area contributed by atoms with Gasteiger partial charge in [0.25, 0.3) is 0 Å². The first-order chi connectivity index (χ1) is 9.05. The quantitative estimate of drug-likeness (QED) is 0.329. The Balaban J connectivity index is 0.00000400. The maximum atomic E-state index is 12.3. The van der Waals surface area contributed by atoms with Gasteiger partial charge in [-0.1, -0.05) is 6.42 Å². The molecule has 1 rings (SSSR count). The number of aliphatic carboxylic acids is 1. The molecule has 0 heterocycles. The second kappa shape index (κ2) is 8.98. The molecule has 0 aromatic heterocycles. The van der Waals surface area contributed by atoms with Gasteiger partial charge in [-0.2, -0.15) is 0 Å². The Morgan fingerprint density at radius 2 is 1.81 bits per heavy atom. The number of hydrogen-bond acceptors (Lipinski definition) is 5. The van der Waals surface area contributed by atoms with Crippen molar-refractivity contribution in [2.75, 3.05) is 6.54 Å². The van der Waals surface area contributed by atoms with E-state index in [0.717, 1.165) is 0 Å². The maximum absolute atomic E-state index is 12.3. The monoisotopic (exact) mass is 519 g/mol. The smallest absolute Gasteiger partial charge is 0.548 e. The Kier molecular flexibility index (Phi) is 9.55. The van der Waals surface area contributed by atoms with Crippen molar-refractivity contribution < 1.29 is 52.7 Å². The molecule has 21 heavy (non-hydrogen) atoms. The van der Waals surface area contributed by atoms with Crippen LogP contribution in [0.1, 0.15) is 25.7 Å². The van der Waals surface area contributed by atoms with E-state index >= 15 is 0 Å².